The zero-order valence-corrected chi connectivity index (χ0v) is 10.4. The van der Waals surface area contributed by atoms with Crippen molar-refractivity contribution in [3.63, 3.8) is 0 Å². The van der Waals surface area contributed by atoms with Gasteiger partial charge in [-0.1, -0.05) is 40.2 Å². The Balaban J connectivity index is 2.39. The van der Waals surface area contributed by atoms with Crippen LogP contribution in [0.25, 0.3) is 20.9 Å². The smallest absolute Gasteiger partial charge is 0.0377 e. The average molecular weight is 277 g/mol. The van der Waals surface area contributed by atoms with Gasteiger partial charge in [-0.2, -0.15) is 0 Å². The van der Waals surface area contributed by atoms with E-state index in [-0.39, 0.29) is 0 Å². The van der Waals surface area contributed by atoms with Gasteiger partial charge in [0.05, 0.1) is 0 Å². The van der Waals surface area contributed by atoms with Gasteiger partial charge in [-0.25, -0.2) is 0 Å². The maximum absolute atomic E-state index is 3.50. The van der Waals surface area contributed by atoms with Gasteiger partial charge in [-0.15, -0.1) is 11.3 Å². The summed E-state index contributed by atoms with van der Waals surface area (Å²) >= 11 is 5.37. The third-order valence-electron chi connectivity index (χ3n) is 2.57. The summed E-state index contributed by atoms with van der Waals surface area (Å²) in [4.78, 5) is 1.39. The first-order valence-corrected chi connectivity index (χ1v) is 6.78. The van der Waals surface area contributed by atoms with Crippen LogP contribution in [0.3, 0.4) is 0 Å². The van der Waals surface area contributed by atoms with Crippen LogP contribution in [0.1, 0.15) is 4.88 Å². The molecule has 0 fully saturated rings. The number of hydrogen-bond donors (Lipinski definition) is 0. The van der Waals surface area contributed by atoms with Gasteiger partial charge in [-0.05, 0) is 34.4 Å². The second kappa shape index (κ2) is 3.62. The number of thiophene rings is 1. The molecule has 2 heteroatoms. The van der Waals surface area contributed by atoms with Gasteiger partial charge < -0.3 is 0 Å². The van der Waals surface area contributed by atoms with Crippen LogP contribution in [-0.4, -0.2) is 0 Å². The third-order valence-corrected chi connectivity index (χ3v) is 4.64. The fourth-order valence-corrected chi connectivity index (χ4v) is 3.30. The highest BCUT2D eigenvalue weighted by Gasteiger charge is 2.02. The summed E-state index contributed by atoms with van der Waals surface area (Å²) in [5.74, 6) is 0. The normalized spacial score (nSPS) is 11.3. The van der Waals surface area contributed by atoms with Crippen molar-refractivity contribution in [2.75, 3.05) is 0 Å². The van der Waals surface area contributed by atoms with E-state index in [1.54, 1.807) is 0 Å². The second-order valence-electron chi connectivity index (χ2n) is 3.58. The third kappa shape index (κ3) is 1.58. The van der Waals surface area contributed by atoms with Gasteiger partial charge in [0.15, 0.2) is 0 Å². The molecule has 0 aliphatic rings. The fourth-order valence-electron chi connectivity index (χ4n) is 1.85. The minimum Gasteiger partial charge on any atom is -0.139 e. The Bertz CT molecular complexity index is 572. The molecule has 1 aromatic heterocycles. The Morgan fingerprint density at radius 1 is 0.933 bits per heavy atom. The highest BCUT2D eigenvalue weighted by Crippen LogP contribution is 2.30. The Morgan fingerprint density at radius 2 is 1.67 bits per heavy atom. The van der Waals surface area contributed by atoms with E-state index in [9.17, 15) is 0 Å². The van der Waals surface area contributed by atoms with Crippen molar-refractivity contribution in [2.45, 2.75) is 5.33 Å². The summed E-state index contributed by atoms with van der Waals surface area (Å²) in [6, 6.07) is 15.3. The van der Waals surface area contributed by atoms with Gasteiger partial charge in [0.2, 0.25) is 0 Å². The monoisotopic (exact) mass is 276 g/mol. The van der Waals surface area contributed by atoms with E-state index in [0.717, 1.165) is 5.33 Å². The van der Waals surface area contributed by atoms with E-state index in [1.807, 2.05) is 11.3 Å². The fraction of sp³-hybridized carbons (Fsp3) is 0.0769. The highest BCUT2D eigenvalue weighted by atomic mass is 79.9. The molecule has 3 aromatic rings. The summed E-state index contributed by atoms with van der Waals surface area (Å²) in [6.45, 7) is 0. The lowest BCUT2D eigenvalue weighted by Gasteiger charge is -1.96. The molecule has 0 amide bonds. The van der Waals surface area contributed by atoms with E-state index >= 15 is 0 Å². The Kier molecular flexibility index (Phi) is 2.26. The number of benzene rings is 2. The van der Waals surface area contributed by atoms with Crippen LogP contribution in [0.5, 0.6) is 0 Å². The van der Waals surface area contributed by atoms with Crippen LogP contribution >= 0.6 is 27.3 Å². The quantitative estimate of drug-likeness (QED) is 0.552. The molecule has 0 nitrogen and oxygen atoms in total. The van der Waals surface area contributed by atoms with Gasteiger partial charge in [-0.3, -0.25) is 0 Å². The average Bonchev–Trinajstić information content (AvgIpc) is 2.67. The first-order valence-electron chi connectivity index (χ1n) is 4.84. The summed E-state index contributed by atoms with van der Waals surface area (Å²) in [6.07, 6.45) is 0. The van der Waals surface area contributed by atoms with Gasteiger partial charge in [0.25, 0.3) is 0 Å². The lowest BCUT2D eigenvalue weighted by Crippen LogP contribution is -1.70. The number of rotatable bonds is 1. The lowest BCUT2D eigenvalue weighted by atomic mass is 10.1. The topological polar surface area (TPSA) is 0 Å². The van der Waals surface area contributed by atoms with Crippen molar-refractivity contribution in [2.24, 2.45) is 0 Å². The van der Waals surface area contributed by atoms with E-state index in [0.29, 0.717) is 0 Å². The van der Waals surface area contributed by atoms with E-state index in [4.69, 9.17) is 0 Å². The van der Waals surface area contributed by atoms with E-state index in [1.165, 1.54) is 25.7 Å². The van der Waals surface area contributed by atoms with Crippen LogP contribution in [0.4, 0.5) is 0 Å². The zero-order valence-electron chi connectivity index (χ0n) is 8.03. The molecule has 0 saturated carbocycles. The van der Waals surface area contributed by atoms with Crippen LogP contribution in [0.2, 0.25) is 0 Å². The number of hydrogen-bond acceptors (Lipinski definition) is 1. The molecular formula is C13H9BrS. The molecule has 0 saturated heterocycles. The van der Waals surface area contributed by atoms with Crippen molar-refractivity contribution in [3.8, 4) is 0 Å². The Hall–Kier alpha value is -0.860. The van der Waals surface area contributed by atoms with Crippen molar-refractivity contribution in [3.05, 3.63) is 47.3 Å². The Labute approximate surface area is 101 Å². The van der Waals surface area contributed by atoms with Crippen molar-refractivity contribution >= 4 is 48.1 Å². The minimum atomic E-state index is 0.947. The number of fused-ring (bicyclic) bond motifs is 2. The van der Waals surface area contributed by atoms with Gasteiger partial charge in [0, 0.05) is 14.9 Å². The minimum absolute atomic E-state index is 0.947. The molecule has 0 atom stereocenters. The van der Waals surface area contributed by atoms with Gasteiger partial charge >= 0.3 is 0 Å². The predicted molar refractivity (Wildman–Crippen MR) is 72.0 cm³/mol. The lowest BCUT2D eigenvalue weighted by molar-refractivity contribution is 1.60. The largest absolute Gasteiger partial charge is 0.139 e. The molecule has 0 N–H and O–H groups in total. The van der Waals surface area contributed by atoms with E-state index in [2.05, 4.69) is 58.4 Å². The summed E-state index contributed by atoms with van der Waals surface area (Å²) < 4.78 is 1.38. The molecule has 0 radical (unpaired) electrons. The first-order chi connectivity index (χ1) is 7.36. The van der Waals surface area contributed by atoms with Crippen LogP contribution < -0.4 is 0 Å². The van der Waals surface area contributed by atoms with Crippen LogP contribution in [0, 0.1) is 0 Å². The molecule has 1 heterocycles. The van der Waals surface area contributed by atoms with Crippen molar-refractivity contribution in [1.82, 2.24) is 0 Å². The molecule has 15 heavy (non-hydrogen) atoms. The standard InChI is InChI=1S/C13H9BrS/c14-8-12-6-11-5-9-3-1-2-4-10(9)7-13(11)15-12/h1-7H,8H2. The van der Waals surface area contributed by atoms with Crippen molar-refractivity contribution in [1.29, 1.82) is 0 Å². The molecule has 0 spiro atoms. The molecule has 0 aliphatic heterocycles. The van der Waals surface area contributed by atoms with Crippen molar-refractivity contribution < 1.29 is 0 Å². The predicted octanol–water partition coefficient (Wildman–Crippen LogP) is 4.95. The van der Waals surface area contributed by atoms with Crippen LogP contribution in [0.15, 0.2) is 42.5 Å². The summed E-state index contributed by atoms with van der Waals surface area (Å²) in [5.41, 5.74) is 0. The second-order valence-corrected chi connectivity index (χ2v) is 5.31. The molecule has 0 unspecified atom stereocenters. The SMILES string of the molecule is BrCc1cc2cc3ccccc3cc2s1. The van der Waals surface area contributed by atoms with E-state index < -0.39 is 0 Å². The first kappa shape index (κ1) is 9.37. The summed E-state index contributed by atoms with van der Waals surface area (Å²) in [5, 5.41) is 4.95. The summed E-state index contributed by atoms with van der Waals surface area (Å²) in [7, 11) is 0. The molecular weight excluding hydrogens is 268 g/mol. The van der Waals surface area contributed by atoms with Crippen LogP contribution in [-0.2, 0) is 5.33 Å². The molecule has 74 valence electrons. The molecule has 3 rings (SSSR count). The number of halogens is 1. The molecule has 0 aliphatic carbocycles. The highest BCUT2D eigenvalue weighted by molar-refractivity contribution is 9.08. The maximum atomic E-state index is 3.50. The maximum Gasteiger partial charge on any atom is 0.0377 e. The van der Waals surface area contributed by atoms with Gasteiger partial charge in [0.1, 0.15) is 0 Å². The molecule has 2 aromatic carbocycles. The Morgan fingerprint density at radius 3 is 2.40 bits per heavy atom. The number of alkyl halides is 1. The molecule has 0 bridgehead atoms. The zero-order chi connectivity index (χ0) is 10.3.